The molecule has 0 saturated heterocycles. The first-order chi connectivity index (χ1) is 10.4. The van der Waals surface area contributed by atoms with Crippen LogP contribution in [-0.4, -0.2) is 11.5 Å². The molecule has 116 valence electrons. The molecule has 2 atom stereocenters. The van der Waals surface area contributed by atoms with Crippen molar-refractivity contribution in [3.8, 4) is 5.75 Å². The van der Waals surface area contributed by atoms with Gasteiger partial charge in [0.15, 0.2) is 0 Å². The summed E-state index contributed by atoms with van der Waals surface area (Å²) in [5, 5.41) is 0. The third kappa shape index (κ3) is 2.08. The summed E-state index contributed by atoms with van der Waals surface area (Å²) in [5.41, 5.74) is 2.89. The van der Waals surface area contributed by atoms with Crippen molar-refractivity contribution in [2.24, 2.45) is 16.7 Å². The zero-order valence-corrected chi connectivity index (χ0v) is 14.5. The standard InChI is InChI=1S/C20H24OS/c1-5-12-21-17-9-7-6-8-14(17)13-15-16-10-11-20(4,18(15)22)19(16,2)3/h5-9,13,16H,1,10-12H2,2-4H3/b15-13+. The molecule has 0 spiro atoms. The van der Waals surface area contributed by atoms with Crippen LogP contribution in [-0.2, 0) is 0 Å². The van der Waals surface area contributed by atoms with Crippen LogP contribution in [0.3, 0.4) is 0 Å². The van der Waals surface area contributed by atoms with Gasteiger partial charge in [-0.1, -0.05) is 63.8 Å². The van der Waals surface area contributed by atoms with Crippen LogP contribution in [0.15, 0.2) is 42.5 Å². The average molecular weight is 312 g/mol. The third-order valence-corrected chi connectivity index (χ3v) is 6.64. The van der Waals surface area contributed by atoms with Gasteiger partial charge in [0, 0.05) is 15.8 Å². The van der Waals surface area contributed by atoms with Crippen molar-refractivity contribution in [3.05, 3.63) is 48.1 Å². The van der Waals surface area contributed by atoms with Gasteiger partial charge in [0.25, 0.3) is 0 Å². The largest absolute Gasteiger partial charge is 0.489 e. The normalized spacial score (nSPS) is 30.8. The number of rotatable bonds is 4. The van der Waals surface area contributed by atoms with Gasteiger partial charge in [-0.15, -0.1) is 0 Å². The van der Waals surface area contributed by atoms with Gasteiger partial charge in [-0.25, -0.2) is 0 Å². The highest BCUT2D eigenvalue weighted by Crippen LogP contribution is 2.66. The molecule has 22 heavy (non-hydrogen) atoms. The van der Waals surface area contributed by atoms with E-state index in [1.54, 1.807) is 6.08 Å². The lowest BCUT2D eigenvalue weighted by Crippen LogP contribution is -2.31. The van der Waals surface area contributed by atoms with E-state index in [0.717, 1.165) is 16.2 Å². The molecule has 0 heterocycles. The van der Waals surface area contributed by atoms with Gasteiger partial charge in [-0.2, -0.15) is 0 Å². The summed E-state index contributed by atoms with van der Waals surface area (Å²) in [6.45, 7) is 11.3. The summed E-state index contributed by atoms with van der Waals surface area (Å²) < 4.78 is 5.78. The number of ether oxygens (including phenoxy) is 1. The third-order valence-electron chi connectivity index (χ3n) is 5.95. The molecule has 0 aromatic heterocycles. The average Bonchev–Trinajstić information content (AvgIpc) is 2.80. The van der Waals surface area contributed by atoms with Crippen LogP contribution in [0.4, 0.5) is 0 Å². The van der Waals surface area contributed by atoms with E-state index in [0.29, 0.717) is 12.5 Å². The molecule has 2 saturated carbocycles. The SMILES string of the molecule is C=CCOc1ccccc1/C=C1/C(=S)C2(C)CCC1C2(C)C. The summed E-state index contributed by atoms with van der Waals surface area (Å²) in [4.78, 5) is 1.16. The van der Waals surface area contributed by atoms with E-state index >= 15 is 0 Å². The number of fused-ring (bicyclic) bond motifs is 2. The Bertz CT molecular complexity index is 655. The van der Waals surface area contributed by atoms with Crippen molar-refractivity contribution in [2.75, 3.05) is 6.61 Å². The molecular weight excluding hydrogens is 288 g/mol. The minimum Gasteiger partial charge on any atom is -0.489 e. The van der Waals surface area contributed by atoms with Gasteiger partial charge in [0.2, 0.25) is 0 Å². The van der Waals surface area contributed by atoms with E-state index in [9.17, 15) is 0 Å². The lowest BCUT2D eigenvalue weighted by Gasteiger charge is -2.33. The fourth-order valence-corrected chi connectivity index (χ4v) is 4.71. The molecule has 2 aliphatic rings. The molecule has 2 heteroatoms. The first kappa shape index (κ1) is 15.5. The van der Waals surface area contributed by atoms with E-state index in [1.807, 2.05) is 12.1 Å². The molecule has 1 aromatic rings. The van der Waals surface area contributed by atoms with Crippen molar-refractivity contribution < 1.29 is 4.74 Å². The fourth-order valence-electron chi connectivity index (χ4n) is 4.14. The summed E-state index contributed by atoms with van der Waals surface area (Å²) in [5.74, 6) is 1.47. The van der Waals surface area contributed by atoms with E-state index in [-0.39, 0.29) is 10.8 Å². The summed E-state index contributed by atoms with van der Waals surface area (Å²) >= 11 is 5.86. The van der Waals surface area contributed by atoms with Crippen LogP contribution in [0, 0.1) is 16.7 Å². The Kier molecular flexibility index (Phi) is 3.76. The molecule has 0 N–H and O–H groups in total. The van der Waals surface area contributed by atoms with Crippen LogP contribution in [0.5, 0.6) is 5.75 Å². The second-order valence-corrected chi connectivity index (χ2v) is 7.62. The summed E-state index contributed by atoms with van der Waals surface area (Å²) in [7, 11) is 0. The van der Waals surface area contributed by atoms with Crippen LogP contribution in [0.2, 0.25) is 0 Å². The van der Waals surface area contributed by atoms with E-state index in [4.69, 9.17) is 17.0 Å². The maximum atomic E-state index is 5.86. The topological polar surface area (TPSA) is 9.23 Å². The molecule has 2 unspecified atom stereocenters. The predicted molar refractivity (Wildman–Crippen MR) is 97.3 cm³/mol. The lowest BCUT2D eigenvalue weighted by molar-refractivity contribution is 0.204. The van der Waals surface area contributed by atoms with Crippen LogP contribution in [0.1, 0.15) is 39.2 Å². The highest BCUT2D eigenvalue weighted by molar-refractivity contribution is 7.81. The van der Waals surface area contributed by atoms with Gasteiger partial charge >= 0.3 is 0 Å². The molecule has 1 aromatic carbocycles. The minimum atomic E-state index is 0.162. The zero-order chi connectivity index (χ0) is 16.0. The molecule has 0 aliphatic heterocycles. The monoisotopic (exact) mass is 312 g/mol. The van der Waals surface area contributed by atoms with Crippen molar-refractivity contribution >= 4 is 23.2 Å². The van der Waals surface area contributed by atoms with Gasteiger partial charge in [0.1, 0.15) is 12.4 Å². The van der Waals surface area contributed by atoms with Crippen LogP contribution >= 0.6 is 12.2 Å². The Hall–Kier alpha value is -1.41. The first-order valence-corrected chi connectivity index (χ1v) is 8.42. The predicted octanol–water partition coefficient (Wildman–Crippen LogP) is 5.46. The maximum Gasteiger partial charge on any atom is 0.127 e. The zero-order valence-electron chi connectivity index (χ0n) is 13.7. The van der Waals surface area contributed by atoms with Crippen molar-refractivity contribution in [3.63, 3.8) is 0 Å². The smallest absolute Gasteiger partial charge is 0.127 e. The number of para-hydroxylation sites is 1. The minimum absolute atomic E-state index is 0.162. The number of thiocarbonyl (C=S) groups is 1. The fraction of sp³-hybridized carbons (Fsp3) is 0.450. The van der Waals surface area contributed by atoms with Gasteiger partial charge in [-0.3, -0.25) is 0 Å². The quantitative estimate of drug-likeness (QED) is 0.415. The highest BCUT2D eigenvalue weighted by atomic mass is 32.1. The van der Waals surface area contributed by atoms with E-state index in [1.165, 1.54) is 18.4 Å². The van der Waals surface area contributed by atoms with Crippen LogP contribution in [0.25, 0.3) is 6.08 Å². The van der Waals surface area contributed by atoms with Crippen molar-refractivity contribution in [1.82, 2.24) is 0 Å². The van der Waals surface area contributed by atoms with Crippen LogP contribution < -0.4 is 4.74 Å². The highest BCUT2D eigenvalue weighted by Gasteiger charge is 2.61. The summed E-state index contributed by atoms with van der Waals surface area (Å²) in [6.07, 6.45) is 6.49. The molecule has 1 nitrogen and oxygen atoms in total. The number of benzene rings is 1. The number of hydrogen-bond donors (Lipinski definition) is 0. The van der Waals surface area contributed by atoms with Gasteiger partial charge in [-0.05, 0) is 41.9 Å². The molecular formula is C20H24OS. The Labute approximate surface area is 139 Å². The number of hydrogen-bond acceptors (Lipinski definition) is 2. The van der Waals surface area contributed by atoms with E-state index < -0.39 is 0 Å². The first-order valence-electron chi connectivity index (χ1n) is 8.01. The maximum absolute atomic E-state index is 5.86. The molecule has 0 amide bonds. The molecule has 3 rings (SSSR count). The van der Waals surface area contributed by atoms with Crippen molar-refractivity contribution in [2.45, 2.75) is 33.6 Å². The van der Waals surface area contributed by atoms with Crippen molar-refractivity contribution in [1.29, 1.82) is 0 Å². The Morgan fingerprint density at radius 1 is 1.32 bits per heavy atom. The Morgan fingerprint density at radius 3 is 2.68 bits per heavy atom. The molecule has 0 radical (unpaired) electrons. The second kappa shape index (κ2) is 5.34. The Morgan fingerprint density at radius 2 is 2.05 bits per heavy atom. The molecule has 2 aliphatic carbocycles. The number of allylic oxidation sites excluding steroid dienone is 1. The molecule has 2 fully saturated rings. The Balaban J connectivity index is 2.01. The lowest BCUT2D eigenvalue weighted by atomic mass is 9.71. The summed E-state index contributed by atoms with van der Waals surface area (Å²) in [6, 6.07) is 8.18. The van der Waals surface area contributed by atoms with Gasteiger partial charge < -0.3 is 4.74 Å². The van der Waals surface area contributed by atoms with Gasteiger partial charge in [0.05, 0.1) is 0 Å². The second-order valence-electron chi connectivity index (χ2n) is 7.21. The molecule has 2 bridgehead atoms. The van der Waals surface area contributed by atoms with E-state index in [2.05, 4.69) is 45.6 Å².